The van der Waals surface area contributed by atoms with E-state index in [0.717, 1.165) is 21.4 Å². The molecule has 0 aliphatic rings. The van der Waals surface area contributed by atoms with Crippen molar-refractivity contribution in [2.45, 2.75) is 19.9 Å². The van der Waals surface area contributed by atoms with Gasteiger partial charge in [-0.15, -0.1) is 0 Å². The number of hydrogen-bond donors (Lipinski definition) is 2. The minimum atomic E-state index is 0.0145. The second kappa shape index (κ2) is 8.70. The molecular formula is C19H21N5O2S. The lowest BCUT2D eigenvalue weighted by molar-refractivity contribution is 0.101. The molecule has 0 aliphatic carbocycles. The average molecular weight is 383 g/mol. The van der Waals surface area contributed by atoms with Crippen LogP contribution in [0.15, 0.2) is 42.7 Å². The molecule has 2 aromatic heterocycles. The van der Waals surface area contributed by atoms with Gasteiger partial charge in [0.2, 0.25) is 5.95 Å². The van der Waals surface area contributed by atoms with Crippen LogP contribution in [0, 0.1) is 0 Å². The van der Waals surface area contributed by atoms with Crippen LogP contribution in [0.2, 0.25) is 0 Å². The predicted molar refractivity (Wildman–Crippen MR) is 108 cm³/mol. The second-order valence-electron chi connectivity index (χ2n) is 6.06. The van der Waals surface area contributed by atoms with Crippen LogP contribution < -0.4 is 10.6 Å². The highest BCUT2D eigenvalue weighted by molar-refractivity contribution is 7.18. The molecule has 140 valence electrons. The number of ether oxygens (including phenoxy) is 1. The molecule has 3 rings (SSSR count). The van der Waals surface area contributed by atoms with Crippen LogP contribution in [0.5, 0.6) is 0 Å². The Morgan fingerprint density at radius 3 is 2.93 bits per heavy atom. The van der Waals surface area contributed by atoms with Crippen molar-refractivity contribution in [1.29, 1.82) is 0 Å². The van der Waals surface area contributed by atoms with E-state index in [2.05, 4.69) is 25.6 Å². The lowest BCUT2D eigenvalue weighted by Crippen LogP contribution is -2.20. The summed E-state index contributed by atoms with van der Waals surface area (Å²) in [6.45, 7) is 4.18. The Morgan fingerprint density at radius 1 is 1.30 bits per heavy atom. The summed E-state index contributed by atoms with van der Waals surface area (Å²) in [6, 6.07) is 9.27. The number of carbonyl (C=O) groups is 1. The van der Waals surface area contributed by atoms with E-state index in [1.165, 1.54) is 11.3 Å². The predicted octanol–water partition coefficient (Wildman–Crippen LogP) is 3.99. The summed E-state index contributed by atoms with van der Waals surface area (Å²) < 4.78 is 5.13. The summed E-state index contributed by atoms with van der Waals surface area (Å²) in [6.07, 6.45) is 3.48. The third-order valence-corrected chi connectivity index (χ3v) is 4.68. The van der Waals surface area contributed by atoms with Gasteiger partial charge in [-0.1, -0.05) is 23.5 Å². The zero-order chi connectivity index (χ0) is 19.2. The Bertz CT molecular complexity index is 928. The standard InChI is InChI=1S/C19H21N5O2S/c1-12(11-26-3)22-19-21-10-17(27-19)16-7-8-20-18(24-16)23-15-6-4-5-14(9-15)13(2)25/h4-10,12H,11H2,1-3H3,(H,21,22)(H,20,23,24). The normalized spacial score (nSPS) is 11.8. The molecule has 0 fully saturated rings. The van der Waals surface area contributed by atoms with E-state index in [1.807, 2.05) is 25.1 Å². The SMILES string of the molecule is COCC(C)Nc1ncc(-c2ccnc(Nc3cccc(C(C)=O)c3)n2)s1. The van der Waals surface area contributed by atoms with E-state index in [-0.39, 0.29) is 11.8 Å². The number of Topliss-reactive ketones (excluding diaryl/α,β-unsaturated/α-hetero) is 1. The number of hydrogen-bond acceptors (Lipinski definition) is 8. The first kappa shape index (κ1) is 18.9. The molecule has 27 heavy (non-hydrogen) atoms. The molecular weight excluding hydrogens is 362 g/mol. The highest BCUT2D eigenvalue weighted by Gasteiger charge is 2.10. The molecule has 0 aliphatic heterocycles. The Kier molecular flexibility index (Phi) is 6.10. The molecule has 0 amide bonds. The van der Waals surface area contributed by atoms with E-state index in [4.69, 9.17) is 4.74 Å². The molecule has 1 unspecified atom stereocenters. The highest BCUT2D eigenvalue weighted by Crippen LogP contribution is 2.28. The zero-order valence-corrected chi connectivity index (χ0v) is 16.2. The number of rotatable bonds is 8. The van der Waals surface area contributed by atoms with Crippen LogP contribution in [-0.4, -0.2) is 40.5 Å². The van der Waals surface area contributed by atoms with Gasteiger partial charge in [-0.2, -0.15) is 0 Å². The summed E-state index contributed by atoms with van der Waals surface area (Å²) in [5.74, 6) is 0.476. The summed E-state index contributed by atoms with van der Waals surface area (Å²) in [5.41, 5.74) is 2.18. The van der Waals surface area contributed by atoms with Crippen LogP contribution in [0.25, 0.3) is 10.6 Å². The minimum Gasteiger partial charge on any atom is -0.383 e. The number of aromatic nitrogens is 3. The van der Waals surface area contributed by atoms with E-state index >= 15 is 0 Å². The monoisotopic (exact) mass is 383 g/mol. The van der Waals surface area contributed by atoms with Crippen molar-refractivity contribution in [3.8, 4) is 10.6 Å². The highest BCUT2D eigenvalue weighted by atomic mass is 32.1. The molecule has 2 heterocycles. The van der Waals surface area contributed by atoms with Gasteiger partial charge in [0.05, 0.1) is 17.2 Å². The van der Waals surface area contributed by atoms with Gasteiger partial charge in [-0.05, 0) is 32.0 Å². The van der Waals surface area contributed by atoms with Crippen LogP contribution in [-0.2, 0) is 4.74 Å². The Labute approximate surface area is 161 Å². The summed E-state index contributed by atoms with van der Waals surface area (Å²) in [7, 11) is 1.67. The third kappa shape index (κ3) is 5.08. The molecule has 2 N–H and O–H groups in total. The van der Waals surface area contributed by atoms with E-state index < -0.39 is 0 Å². The number of carbonyl (C=O) groups excluding carboxylic acids is 1. The molecule has 7 nitrogen and oxygen atoms in total. The van der Waals surface area contributed by atoms with Gasteiger partial charge >= 0.3 is 0 Å². The molecule has 8 heteroatoms. The van der Waals surface area contributed by atoms with Crippen molar-refractivity contribution in [2.24, 2.45) is 0 Å². The fourth-order valence-corrected chi connectivity index (χ4v) is 3.36. The molecule has 1 atom stereocenters. The lowest BCUT2D eigenvalue weighted by Gasteiger charge is -2.10. The van der Waals surface area contributed by atoms with Crippen LogP contribution in [0.1, 0.15) is 24.2 Å². The van der Waals surface area contributed by atoms with Gasteiger partial charge in [0.15, 0.2) is 10.9 Å². The number of thiazole rings is 1. The summed E-state index contributed by atoms with van der Waals surface area (Å²) in [5, 5.41) is 7.25. The van der Waals surface area contributed by atoms with Crippen LogP contribution in [0.4, 0.5) is 16.8 Å². The maximum atomic E-state index is 11.5. The van der Waals surface area contributed by atoms with Gasteiger partial charge in [-0.25, -0.2) is 15.0 Å². The number of anilines is 3. The van der Waals surface area contributed by atoms with E-state index in [0.29, 0.717) is 18.1 Å². The van der Waals surface area contributed by atoms with Gasteiger partial charge in [0.25, 0.3) is 0 Å². The minimum absolute atomic E-state index is 0.0145. The molecule has 1 aromatic carbocycles. The summed E-state index contributed by atoms with van der Waals surface area (Å²) in [4.78, 5) is 25.7. The first-order chi connectivity index (χ1) is 13.0. The Balaban J connectivity index is 1.75. The first-order valence-corrected chi connectivity index (χ1v) is 9.29. The van der Waals surface area contributed by atoms with E-state index in [9.17, 15) is 4.79 Å². The van der Waals surface area contributed by atoms with Crippen molar-refractivity contribution in [2.75, 3.05) is 24.4 Å². The van der Waals surface area contributed by atoms with Gasteiger partial charge in [-0.3, -0.25) is 4.79 Å². The quantitative estimate of drug-likeness (QED) is 0.568. The number of methoxy groups -OCH3 is 1. The molecule has 0 spiro atoms. The Morgan fingerprint density at radius 2 is 2.15 bits per heavy atom. The fourth-order valence-electron chi connectivity index (χ4n) is 2.46. The van der Waals surface area contributed by atoms with Crippen molar-refractivity contribution in [3.05, 3.63) is 48.3 Å². The molecule has 0 saturated heterocycles. The number of nitrogens with zero attached hydrogens (tertiary/aromatic N) is 3. The maximum Gasteiger partial charge on any atom is 0.227 e. The maximum absolute atomic E-state index is 11.5. The van der Waals surface area contributed by atoms with Gasteiger partial charge < -0.3 is 15.4 Å². The molecule has 0 bridgehead atoms. The van der Waals surface area contributed by atoms with Gasteiger partial charge in [0.1, 0.15) is 0 Å². The number of ketones is 1. The average Bonchev–Trinajstić information content (AvgIpc) is 3.11. The number of nitrogens with one attached hydrogen (secondary N) is 2. The van der Waals surface area contributed by atoms with Crippen LogP contribution >= 0.6 is 11.3 Å². The number of benzene rings is 1. The third-order valence-electron chi connectivity index (χ3n) is 3.73. The van der Waals surface area contributed by atoms with Gasteiger partial charge in [0, 0.05) is 36.8 Å². The largest absolute Gasteiger partial charge is 0.383 e. The van der Waals surface area contributed by atoms with E-state index in [1.54, 1.807) is 38.6 Å². The van der Waals surface area contributed by atoms with Crippen molar-refractivity contribution >= 4 is 33.9 Å². The topological polar surface area (TPSA) is 89.0 Å². The molecule has 3 aromatic rings. The lowest BCUT2D eigenvalue weighted by atomic mass is 10.1. The zero-order valence-electron chi connectivity index (χ0n) is 15.4. The smallest absolute Gasteiger partial charge is 0.227 e. The van der Waals surface area contributed by atoms with Crippen molar-refractivity contribution < 1.29 is 9.53 Å². The molecule has 0 saturated carbocycles. The van der Waals surface area contributed by atoms with Crippen LogP contribution in [0.3, 0.4) is 0 Å². The van der Waals surface area contributed by atoms with Crippen molar-refractivity contribution in [3.63, 3.8) is 0 Å². The Hall–Kier alpha value is -2.84. The van der Waals surface area contributed by atoms with Crippen molar-refractivity contribution in [1.82, 2.24) is 15.0 Å². The first-order valence-electron chi connectivity index (χ1n) is 8.48. The molecule has 0 radical (unpaired) electrons. The fraction of sp³-hybridized carbons (Fsp3) is 0.263. The second-order valence-corrected chi connectivity index (χ2v) is 7.09. The summed E-state index contributed by atoms with van der Waals surface area (Å²) >= 11 is 1.52.